The summed E-state index contributed by atoms with van der Waals surface area (Å²) in [5.41, 5.74) is 11.1. The zero-order chi connectivity index (χ0) is 65.0. The van der Waals surface area contributed by atoms with E-state index in [2.05, 4.69) is 20.6 Å². The van der Waals surface area contributed by atoms with Crippen molar-refractivity contribution in [1.82, 2.24) is 29.7 Å². The first-order valence-corrected chi connectivity index (χ1v) is 39.3. The molecule has 0 aromatic carbocycles. The molecule has 4 fully saturated rings. The molecular formula is C50H82N10O22P2S2Si2. The van der Waals surface area contributed by atoms with Gasteiger partial charge in [0.25, 0.3) is 11.1 Å². The molecule has 32 nitrogen and oxygen atoms in total. The van der Waals surface area contributed by atoms with E-state index < -0.39 is 188 Å². The number of aromatic nitrogens is 4. The van der Waals surface area contributed by atoms with Crippen molar-refractivity contribution in [3.63, 3.8) is 0 Å². The standard InChI is InChI=1S/C50H82N10O22P2S2Si2/c1-23-17-59(47(67)55-41(23)65)33-13-27(63)31(75-33)21-73-83(69,70)79-37-29(19-61)77-35(39(37)81-87(9,10)49(3,4)5)25-15-53-45(51)57-43(25)85-86-44-26(16-54-46(52)58-44)36-40(82-88(11,12)50(6,7)8)38(30(20-62)78-36)80-84(71,72)74-22-32-28(64)14-34(76-32)60-18-24(2)42(66)56-48(60)68/h15-18,27-40,43-44,61-64H,13-14,19-22H2,1-12H3,(H,69,70)(H,71,72)(H3,51,53,57)(H3,52,54,58)(H,55,65,67)(H,56,66,68)/t27-,28-,29+,30+,31+,32+,33+,34+,35-,36-,37+,38+,39-,40-,43?,44?/m0/s1. The Labute approximate surface area is 516 Å². The molecule has 6 aliphatic rings. The van der Waals surface area contributed by atoms with Crippen LogP contribution in [0.5, 0.6) is 0 Å². The van der Waals surface area contributed by atoms with Crippen LogP contribution in [0.2, 0.25) is 36.3 Å². The number of aliphatic hydroxyl groups excluding tert-OH is 4. The third kappa shape index (κ3) is 15.9. The van der Waals surface area contributed by atoms with Gasteiger partial charge in [0.05, 0.1) is 38.6 Å². The van der Waals surface area contributed by atoms with Gasteiger partial charge in [0.15, 0.2) is 28.6 Å². The number of hydrogen-bond acceptors (Lipinski definition) is 28. The minimum absolute atomic E-state index is 0.0127. The van der Waals surface area contributed by atoms with Crippen LogP contribution in [0.1, 0.15) is 78.0 Å². The van der Waals surface area contributed by atoms with Crippen LogP contribution in [0.4, 0.5) is 0 Å². The van der Waals surface area contributed by atoms with Crippen molar-refractivity contribution < 1.29 is 85.2 Å². The summed E-state index contributed by atoms with van der Waals surface area (Å²) in [6, 6.07) is 0. The van der Waals surface area contributed by atoms with Gasteiger partial charge in [0, 0.05) is 59.9 Å². The van der Waals surface area contributed by atoms with Crippen LogP contribution >= 0.6 is 37.2 Å². The first-order chi connectivity index (χ1) is 40.8. The summed E-state index contributed by atoms with van der Waals surface area (Å²) in [4.78, 5) is 85.9. The molecular weight excluding hydrogens is 1270 g/mol. The Morgan fingerprint density at radius 2 is 0.977 bits per heavy atom. The lowest BCUT2D eigenvalue weighted by atomic mass is 10.0. The highest BCUT2D eigenvalue weighted by Crippen LogP contribution is 2.54. The molecule has 0 amide bonds. The highest BCUT2D eigenvalue weighted by atomic mass is 33.1. The Morgan fingerprint density at radius 3 is 1.31 bits per heavy atom. The van der Waals surface area contributed by atoms with E-state index in [0.29, 0.717) is 11.1 Å². The second-order valence-electron chi connectivity index (χ2n) is 25.2. The number of rotatable bonds is 23. The highest BCUT2D eigenvalue weighted by Gasteiger charge is 2.58. The lowest BCUT2D eigenvalue weighted by Gasteiger charge is -2.41. The maximum Gasteiger partial charge on any atom is 0.472 e. The largest absolute Gasteiger partial charge is 0.472 e. The zero-order valence-electron chi connectivity index (χ0n) is 50.7. The number of phosphoric acid groups is 2. The van der Waals surface area contributed by atoms with Gasteiger partial charge in [-0.25, -0.2) is 28.7 Å². The summed E-state index contributed by atoms with van der Waals surface area (Å²) in [6.07, 6.45) is -12.1. The molecule has 4 saturated heterocycles. The number of H-pyrrole nitrogens is 2. The Bertz CT molecular complexity index is 3140. The number of aryl methyl sites for hydroxylation is 2. The first kappa shape index (κ1) is 70.2. The number of nitrogens with one attached hydrogen (secondary N) is 4. The van der Waals surface area contributed by atoms with Crippen molar-refractivity contribution >= 4 is 65.8 Å². The van der Waals surface area contributed by atoms with Gasteiger partial charge in [-0.3, -0.25) is 46.8 Å². The van der Waals surface area contributed by atoms with Gasteiger partial charge in [-0.15, -0.1) is 0 Å². The predicted molar refractivity (Wildman–Crippen MR) is 327 cm³/mol. The molecule has 38 heteroatoms. The predicted octanol–water partition coefficient (Wildman–Crippen LogP) is 0.942. The zero-order valence-corrected chi connectivity index (χ0v) is 56.1. The van der Waals surface area contributed by atoms with Crippen LogP contribution in [0, 0.1) is 13.8 Å². The second kappa shape index (κ2) is 27.1. The maximum atomic E-state index is 14.1. The van der Waals surface area contributed by atoms with Crippen molar-refractivity contribution in [3.8, 4) is 0 Å². The lowest BCUT2D eigenvalue weighted by Crippen LogP contribution is -2.51. The monoisotopic (exact) mass is 1360 g/mol. The Balaban J connectivity index is 1.01. The lowest BCUT2D eigenvalue weighted by molar-refractivity contribution is -0.0541. The minimum Gasteiger partial charge on any atom is -0.408 e. The van der Waals surface area contributed by atoms with E-state index >= 15 is 0 Å². The Kier molecular flexibility index (Phi) is 21.6. The van der Waals surface area contributed by atoms with Gasteiger partial charge in [0.1, 0.15) is 84.2 Å². The third-order valence-electron chi connectivity index (χ3n) is 16.8. The van der Waals surface area contributed by atoms with Crippen molar-refractivity contribution in [2.75, 3.05) is 26.4 Å². The van der Waals surface area contributed by atoms with Gasteiger partial charge in [-0.2, -0.15) is 0 Å². The molecule has 0 saturated carbocycles. The molecule has 8 rings (SSSR count). The highest BCUT2D eigenvalue weighted by molar-refractivity contribution is 8.77. The Hall–Kier alpha value is -3.67. The SMILES string of the molecule is Cc1cn([C@H]2C[C@H](O)[C@@H](COP(=O)(O)O[C@H]3[C@@H](O[Si](C)(C)C(C)(C)C)[C@H](C4=CNC(N)=NC4SSC4N=C(N)NC=C4[C@@H]4O[C@H](CO)[C@@H](OP(=O)(O)OC[C@H]5O[C@@H](n6cc(C)c(=O)[nH]c6=O)C[C@@H]5O)[C@H]4O[Si](C)(C)C(C)(C)C)O[C@@H]3CO)O2)c(=O)[nH]c1=O. The van der Waals surface area contributed by atoms with Gasteiger partial charge < -0.3 is 80.1 Å². The van der Waals surface area contributed by atoms with Crippen molar-refractivity contribution in [2.24, 2.45) is 21.5 Å². The molecule has 14 N–H and O–H groups in total. The minimum atomic E-state index is -5.16. The fourth-order valence-electron chi connectivity index (χ4n) is 9.85. The van der Waals surface area contributed by atoms with E-state index in [1.54, 1.807) is 12.4 Å². The van der Waals surface area contributed by atoms with Crippen LogP contribution in [0.3, 0.4) is 0 Å². The molecule has 0 spiro atoms. The van der Waals surface area contributed by atoms with E-state index in [9.17, 15) is 58.5 Å². The fraction of sp³-hybridized carbons (Fsp3) is 0.720. The van der Waals surface area contributed by atoms with E-state index in [1.165, 1.54) is 26.2 Å². The summed E-state index contributed by atoms with van der Waals surface area (Å²) in [6.45, 7) is 19.8. The van der Waals surface area contributed by atoms with Gasteiger partial charge in [-0.05, 0) is 50.1 Å². The van der Waals surface area contributed by atoms with Gasteiger partial charge in [-0.1, -0.05) is 63.1 Å². The molecule has 2 aromatic rings. The molecule has 88 heavy (non-hydrogen) atoms. The number of guanidine groups is 2. The normalized spacial score (nSPS) is 32.8. The summed E-state index contributed by atoms with van der Waals surface area (Å²) in [5.74, 6) is -0.0255. The second-order valence-corrected chi connectivity index (χ2v) is 40.0. The number of phosphoric ester groups is 2. The van der Waals surface area contributed by atoms with Gasteiger partial charge >= 0.3 is 27.0 Å². The first-order valence-electron chi connectivity index (χ1n) is 28.3. The molecule has 18 atom stereocenters. The van der Waals surface area contributed by atoms with Gasteiger partial charge in [0.2, 0.25) is 0 Å². The number of aromatic amines is 2. The van der Waals surface area contributed by atoms with Crippen molar-refractivity contribution in [3.05, 3.63) is 88.7 Å². The third-order valence-corrected chi connectivity index (χ3v) is 30.4. The summed E-state index contributed by atoms with van der Waals surface area (Å²) >= 11 is 0. The molecule has 2 aromatic heterocycles. The van der Waals surface area contributed by atoms with Crippen LogP contribution in [-0.4, -0.2) is 188 Å². The van der Waals surface area contributed by atoms with Crippen molar-refractivity contribution in [1.29, 1.82) is 0 Å². The van der Waals surface area contributed by atoms with Crippen molar-refractivity contribution in [2.45, 2.75) is 201 Å². The summed E-state index contributed by atoms with van der Waals surface area (Å²) in [5, 5.41) is 46.6. The number of nitrogens with zero attached hydrogens (tertiary/aromatic N) is 4. The number of aliphatic imine (C=N–C) groups is 2. The quantitative estimate of drug-likeness (QED) is 0.0418. The van der Waals surface area contributed by atoms with Crippen LogP contribution in [-0.2, 0) is 55.0 Å². The van der Waals surface area contributed by atoms with E-state index in [-0.39, 0.29) is 35.9 Å². The summed E-state index contributed by atoms with van der Waals surface area (Å²) in [7, 11) is -13.9. The average Bonchev–Trinajstić information content (AvgIpc) is 1.65. The molecule has 0 bridgehead atoms. The molecule has 0 radical (unpaired) electrons. The van der Waals surface area contributed by atoms with Crippen LogP contribution < -0.4 is 44.6 Å². The fourth-order valence-corrected chi connectivity index (χ4v) is 17.1. The average molecular weight is 1360 g/mol. The molecule has 494 valence electrons. The number of ether oxygens (including phenoxy) is 4. The number of hydrogen-bond donors (Lipinski definition) is 12. The molecule has 0 aliphatic carbocycles. The summed E-state index contributed by atoms with van der Waals surface area (Å²) < 4.78 is 91.8. The van der Waals surface area contributed by atoms with E-state index in [1.807, 2.05) is 67.7 Å². The number of nitrogens with two attached hydrogens (primary N) is 2. The Morgan fingerprint density at radius 1 is 0.625 bits per heavy atom. The maximum absolute atomic E-state index is 14.1. The molecule has 4 unspecified atom stereocenters. The van der Waals surface area contributed by atoms with E-state index in [4.69, 9.17) is 67.3 Å². The smallest absolute Gasteiger partial charge is 0.408 e. The van der Waals surface area contributed by atoms with Crippen LogP contribution in [0.25, 0.3) is 0 Å². The number of aliphatic hydroxyl groups is 4. The van der Waals surface area contributed by atoms with E-state index in [0.717, 1.165) is 30.7 Å². The topological polar surface area (TPSA) is 458 Å². The molecule has 6 aliphatic heterocycles. The van der Waals surface area contributed by atoms with Crippen LogP contribution in [0.15, 0.2) is 65.1 Å². The molecule has 8 heterocycles.